The Balaban J connectivity index is 2.07. The van der Waals surface area contributed by atoms with Gasteiger partial charge in [-0.15, -0.1) is 0 Å². The van der Waals surface area contributed by atoms with E-state index in [-0.39, 0.29) is 17.4 Å². The number of hydrogen-bond acceptors (Lipinski definition) is 4. The van der Waals surface area contributed by atoms with Crippen LogP contribution in [0.25, 0.3) is 0 Å². The molecule has 8 heteroatoms. The highest BCUT2D eigenvalue weighted by atomic mass is 19.4. The molecule has 2 aromatic rings. The molecule has 0 aliphatic rings. The Hall–Kier alpha value is -3.21. The second-order valence-electron chi connectivity index (χ2n) is 8.81. The van der Waals surface area contributed by atoms with Gasteiger partial charge in [-0.05, 0) is 47.7 Å². The normalized spacial score (nSPS) is 11.7. The second kappa shape index (κ2) is 10.4. The minimum atomic E-state index is -4.60. The monoisotopic (exact) mass is 447 g/mol. The lowest BCUT2D eigenvalue weighted by Crippen LogP contribution is -2.34. The lowest BCUT2D eigenvalue weighted by molar-refractivity contribution is -0.137. The van der Waals surface area contributed by atoms with Crippen molar-refractivity contribution in [1.29, 1.82) is 5.26 Å². The molecular weight excluding hydrogens is 419 g/mol. The van der Waals surface area contributed by atoms with Crippen LogP contribution >= 0.6 is 0 Å². The largest absolute Gasteiger partial charge is 0.494 e. The summed E-state index contributed by atoms with van der Waals surface area (Å²) >= 11 is 0. The molecule has 0 fully saturated rings. The summed E-state index contributed by atoms with van der Waals surface area (Å²) in [6, 6.07) is 12.5. The third-order valence-corrected chi connectivity index (χ3v) is 4.60. The maximum atomic E-state index is 13.4. The lowest BCUT2D eigenvalue weighted by Gasteiger charge is -2.32. The summed E-state index contributed by atoms with van der Waals surface area (Å²) in [6.45, 7) is 7.44. The first-order valence-electron chi connectivity index (χ1n) is 10.3. The number of nitriles is 1. The molecule has 0 radical (unpaired) electrons. The van der Waals surface area contributed by atoms with E-state index in [9.17, 15) is 18.0 Å². The average Bonchev–Trinajstić information content (AvgIpc) is 2.69. The Kier molecular flexibility index (Phi) is 8.14. The van der Waals surface area contributed by atoms with Crippen molar-refractivity contribution in [3.8, 4) is 11.8 Å². The summed E-state index contributed by atoms with van der Waals surface area (Å²) in [5.74, 6) is 0.229. The quantitative estimate of drug-likeness (QED) is 0.553. The van der Waals surface area contributed by atoms with Crippen molar-refractivity contribution in [2.45, 2.75) is 39.8 Å². The van der Waals surface area contributed by atoms with Crippen LogP contribution in [0.4, 0.5) is 18.9 Å². The summed E-state index contributed by atoms with van der Waals surface area (Å²) < 4.78 is 45.9. The van der Waals surface area contributed by atoms with E-state index in [1.807, 2.05) is 25.7 Å². The van der Waals surface area contributed by atoms with Gasteiger partial charge in [-0.25, -0.2) is 0 Å². The third-order valence-electron chi connectivity index (χ3n) is 4.60. The van der Waals surface area contributed by atoms with E-state index >= 15 is 0 Å². The number of halogens is 3. The van der Waals surface area contributed by atoms with Crippen LogP contribution in [0.2, 0.25) is 0 Å². The molecule has 0 heterocycles. The lowest BCUT2D eigenvalue weighted by atomic mass is 9.95. The standard InChI is InChI=1S/C24H28F3N3O2/c1-23(2,3)16-30(19-8-7-18(15-28)21(14-19)24(25,26)27)11-4-12-32-20-9-5-17(6-10-20)13-22(29)31/h5-10,14H,4,11-13,16H2,1-3H3,(H2,29,31). The van der Waals surface area contributed by atoms with Crippen LogP contribution < -0.4 is 15.4 Å². The number of primary amides is 1. The number of carbonyl (C=O) groups excluding carboxylic acids is 1. The highest BCUT2D eigenvalue weighted by Gasteiger charge is 2.34. The Bertz CT molecular complexity index is 958. The van der Waals surface area contributed by atoms with Crippen molar-refractivity contribution in [2.75, 3.05) is 24.6 Å². The van der Waals surface area contributed by atoms with E-state index < -0.39 is 17.6 Å². The molecule has 5 nitrogen and oxygen atoms in total. The van der Waals surface area contributed by atoms with E-state index in [2.05, 4.69) is 0 Å². The maximum absolute atomic E-state index is 13.4. The predicted octanol–water partition coefficient (Wildman–Crippen LogP) is 4.93. The molecule has 0 saturated heterocycles. The highest BCUT2D eigenvalue weighted by molar-refractivity contribution is 5.76. The molecule has 2 N–H and O–H groups in total. The van der Waals surface area contributed by atoms with Crippen LogP contribution in [0.3, 0.4) is 0 Å². The zero-order chi connectivity index (χ0) is 23.9. The van der Waals surface area contributed by atoms with E-state index in [1.165, 1.54) is 6.07 Å². The second-order valence-corrected chi connectivity index (χ2v) is 8.81. The van der Waals surface area contributed by atoms with Gasteiger partial charge in [0.2, 0.25) is 5.91 Å². The smallest absolute Gasteiger partial charge is 0.417 e. The number of ether oxygens (including phenoxy) is 1. The number of hydrogen-bond donors (Lipinski definition) is 1. The molecule has 0 aromatic heterocycles. The van der Waals surface area contributed by atoms with Crippen molar-refractivity contribution in [3.63, 3.8) is 0 Å². The minimum Gasteiger partial charge on any atom is -0.494 e. The van der Waals surface area contributed by atoms with E-state index in [0.717, 1.165) is 11.6 Å². The van der Waals surface area contributed by atoms with Gasteiger partial charge in [0, 0.05) is 18.8 Å². The fourth-order valence-corrected chi connectivity index (χ4v) is 3.28. The highest BCUT2D eigenvalue weighted by Crippen LogP contribution is 2.35. The first-order valence-corrected chi connectivity index (χ1v) is 10.3. The molecule has 172 valence electrons. The first kappa shape index (κ1) is 25.1. The van der Waals surface area contributed by atoms with Crippen molar-refractivity contribution in [2.24, 2.45) is 11.1 Å². The van der Waals surface area contributed by atoms with E-state index in [4.69, 9.17) is 15.7 Å². The zero-order valence-electron chi connectivity index (χ0n) is 18.5. The SMILES string of the molecule is CC(C)(C)CN(CCCOc1ccc(CC(N)=O)cc1)c1ccc(C#N)c(C(F)(F)F)c1. The van der Waals surface area contributed by atoms with Crippen molar-refractivity contribution in [1.82, 2.24) is 0 Å². The maximum Gasteiger partial charge on any atom is 0.417 e. The van der Waals surface area contributed by atoms with Crippen LogP contribution in [0.15, 0.2) is 42.5 Å². The number of alkyl halides is 3. The van der Waals surface area contributed by atoms with Crippen molar-refractivity contribution in [3.05, 3.63) is 59.2 Å². The van der Waals surface area contributed by atoms with Gasteiger partial charge in [0.25, 0.3) is 0 Å². The summed E-state index contributed by atoms with van der Waals surface area (Å²) in [4.78, 5) is 12.8. The summed E-state index contributed by atoms with van der Waals surface area (Å²) in [7, 11) is 0. The van der Waals surface area contributed by atoms with Gasteiger partial charge in [0.1, 0.15) is 5.75 Å². The number of anilines is 1. The predicted molar refractivity (Wildman–Crippen MR) is 117 cm³/mol. The first-order chi connectivity index (χ1) is 14.9. The molecule has 0 aliphatic heterocycles. The molecule has 0 unspecified atom stereocenters. The number of carbonyl (C=O) groups is 1. The Morgan fingerprint density at radius 1 is 1.12 bits per heavy atom. The van der Waals surface area contributed by atoms with Crippen LogP contribution in [0.5, 0.6) is 5.75 Å². The molecule has 0 atom stereocenters. The minimum absolute atomic E-state index is 0.149. The molecule has 0 bridgehead atoms. The van der Waals surface area contributed by atoms with Gasteiger partial charge in [-0.1, -0.05) is 32.9 Å². The van der Waals surface area contributed by atoms with Gasteiger partial charge in [0.05, 0.1) is 30.2 Å². The molecule has 2 rings (SSSR count). The van der Waals surface area contributed by atoms with Crippen LogP contribution in [0.1, 0.15) is 43.9 Å². The summed E-state index contributed by atoms with van der Waals surface area (Å²) in [6.07, 6.45) is -3.86. The topological polar surface area (TPSA) is 79.3 Å². The van der Waals surface area contributed by atoms with E-state index in [0.29, 0.717) is 37.6 Å². The molecule has 32 heavy (non-hydrogen) atoms. The number of benzene rings is 2. The van der Waals surface area contributed by atoms with Gasteiger partial charge in [0.15, 0.2) is 0 Å². The summed E-state index contributed by atoms with van der Waals surface area (Å²) in [5.41, 5.74) is 4.92. The van der Waals surface area contributed by atoms with Gasteiger partial charge < -0.3 is 15.4 Å². The van der Waals surface area contributed by atoms with Gasteiger partial charge >= 0.3 is 6.18 Å². The molecular formula is C24H28F3N3O2. The molecule has 2 aromatic carbocycles. The number of nitrogens with zero attached hydrogens (tertiary/aromatic N) is 2. The van der Waals surface area contributed by atoms with Crippen LogP contribution in [0, 0.1) is 16.7 Å². The molecule has 0 spiro atoms. The molecule has 0 aliphatic carbocycles. The Labute approximate surface area is 186 Å². The Morgan fingerprint density at radius 2 is 1.78 bits per heavy atom. The zero-order valence-corrected chi connectivity index (χ0v) is 18.5. The fraction of sp³-hybridized carbons (Fsp3) is 0.417. The molecule has 0 saturated carbocycles. The number of amides is 1. The third kappa shape index (κ3) is 7.80. The van der Waals surface area contributed by atoms with Crippen molar-refractivity contribution < 1.29 is 22.7 Å². The summed E-state index contributed by atoms with van der Waals surface area (Å²) in [5, 5.41) is 9.04. The van der Waals surface area contributed by atoms with Crippen LogP contribution in [-0.4, -0.2) is 25.6 Å². The number of nitrogens with two attached hydrogens (primary N) is 1. The van der Waals surface area contributed by atoms with E-state index in [1.54, 1.807) is 36.4 Å². The molecule has 1 amide bonds. The fourth-order valence-electron chi connectivity index (χ4n) is 3.28. The Morgan fingerprint density at radius 3 is 2.31 bits per heavy atom. The van der Waals surface area contributed by atoms with Crippen molar-refractivity contribution >= 4 is 11.6 Å². The van der Waals surface area contributed by atoms with Gasteiger partial charge in [-0.2, -0.15) is 18.4 Å². The van der Waals surface area contributed by atoms with Crippen LogP contribution in [-0.2, 0) is 17.4 Å². The number of rotatable bonds is 9. The average molecular weight is 448 g/mol. The van der Waals surface area contributed by atoms with Gasteiger partial charge in [-0.3, -0.25) is 4.79 Å².